The van der Waals surface area contributed by atoms with E-state index in [-0.39, 0.29) is 18.6 Å². The first-order chi connectivity index (χ1) is 8.65. The zero-order chi connectivity index (χ0) is 13.0. The van der Waals surface area contributed by atoms with E-state index in [1.54, 1.807) is 0 Å². The second-order valence-electron chi connectivity index (χ2n) is 4.52. The number of rotatable bonds is 5. The molecule has 18 heavy (non-hydrogen) atoms. The molecule has 0 bridgehead atoms. The van der Waals surface area contributed by atoms with Crippen LogP contribution >= 0.6 is 0 Å². The summed E-state index contributed by atoms with van der Waals surface area (Å²) >= 11 is 0. The van der Waals surface area contributed by atoms with Crippen molar-refractivity contribution in [3.63, 3.8) is 0 Å². The fourth-order valence-electron chi connectivity index (χ4n) is 1.91. The van der Waals surface area contributed by atoms with Crippen LogP contribution in [-0.4, -0.2) is 31.3 Å². The molecular formula is C13H17NO4. The van der Waals surface area contributed by atoms with Gasteiger partial charge < -0.3 is 24.7 Å². The summed E-state index contributed by atoms with van der Waals surface area (Å²) in [5, 5.41) is 12.4. The van der Waals surface area contributed by atoms with Crippen LogP contribution in [-0.2, 0) is 4.79 Å². The Balaban J connectivity index is 1.81. The normalized spacial score (nSPS) is 19.3. The quantitative estimate of drug-likeness (QED) is 0.722. The number of benzene rings is 1. The zero-order valence-electron chi connectivity index (χ0n) is 10.3. The monoisotopic (exact) mass is 251 g/mol. The van der Waals surface area contributed by atoms with Gasteiger partial charge in [-0.1, -0.05) is 12.1 Å². The minimum absolute atomic E-state index is 0.0178. The van der Waals surface area contributed by atoms with E-state index >= 15 is 0 Å². The third-order valence-corrected chi connectivity index (χ3v) is 2.86. The molecule has 1 aromatic rings. The SMILES string of the molecule is C[C@@H](CC(=O)[O-])[NH2+]C[C@@H]1COc2ccccc2O1. The maximum absolute atomic E-state index is 10.4. The van der Waals surface area contributed by atoms with Gasteiger partial charge in [0.05, 0.1) is 6.04 Å². The maximum atomic E-state index is 10.4. The molecule has 1 aliphatic heterocycles. The van der Waals surface area contributed by atoms with Gasteiger partial charge in [-0.05, 0) is 19.1 Å². The minimum Gasteiger partial charge on any atom is -0.550 e. The molecule has 0 saturated heterocycles. The molecule has 1 heterocycles. The molecule has 0 radical (unpaired) electrons. The number of carboxylic acids is 1. The molecule has 5 heteroatoms. The number of carboxylic acid groups (broad SMARTS) is 1. The van der Waals surface area contributed by atoms with Gasteiger partial charge in [-0.2, -0.15) is 0 Å². The second kappa shape index (κ2) is 5.73. The smallest absolute Gasteiger partial charge is 0.181 e. The first kappa shape index (κ1) is 12.7. The van der Waals surface area contributed by atoms with Crippen molar-refractivity contribution in [2.45, 2.75) is 25.5 Å². The lowest BCUT2D eigenvalue weighted by atomic mass is 10.2. The summed E-state index contributed by atoms with van der Waals surface area (Å²) < 4.78 is 11.3. The summed E-state index contributed by atoms with van der Waals surface area (Å²) in [5.74, 6) is 0.483. The average Bonchev–Trinajstić information content (AvgIpc) is 2.35. The van der Waals surface area contributed by atoms with E-state index in [2.05, 4.69) is 0 Å². The maximum Gasteiger partial charge on any atom is 0.181 e. The Morgan fingerprint density at radius 2 is 2.22 bits per heavy atom. The number of para-hydroxylation sites is 2. The molecule has 0 unspecified atom stereocenters. The van der Waals surface area contributed by atoms with Crippen LogP contribution in [0, 0.1) is 0 Å². The molecule has 0 aliphatic carbocycles. The third-order valence-electron chi connectivity index (χ3n) is 2.86. The number of fused-ring (bicyclic) bond motifs is 1. The molecule has 0 amide bonds. The van der Waals surface area contributed by atoms with Gasteiger partial charge in [0.25, 0.3) is 0 Å². The number of hydrogen-bond donors (Lipinski definition) is 1. The molecule has 2 atom stereocenters. The molecule has 1 aromatic carbocycles. The molecule has 5 nitrogen and oxygen atoms in total. The molecule has 0 saturated carbocycles. The number of nitrogens with two attached hydrogens (primary N) is 1. The van der Waals surface area contributed by atoms with Crippen molar-refractivity contribution in [1.29, 1.82) is 0 Å². The van der Waals surface area contributed by atoms with E-state index in [0.29, 0.717) is 13.2 Å². The Morgan fingerprint density at radius 1 is 1.50 bits per heavy atom. The van der Waals surface area contributed by atoms with E-state index in [9.17, 15) is 9.90 Å². The Kier molecular flexibility index (Phi) is 4.04. The Morgan fingerprint density at radius 3 is 2.94 bits per heavy atom. The molecule has 0 spiro atoms. The number of hydrogen-bond acceptors (Lipinski definition) is 4. The van der Waals surface area contributed by atoms with Gasteiger partial charge >= 0.3 is 0 Å². The van der Waals surface area contributed by atoms with E-state index in [1.165, 1.54) is 0 Å². The van der Waals surface area contributed by atoms with Crippen LogP contribution < -0.4 is 19.9 Å². The van der Waals surface area contributed by atoms with Crippen molar-refractivity contribution in [2.75, 3.05) is 13.2 Å². The van der Waals surface area contributed by atoms with E-state index in [4.69, 9.17) is 9.47 Å². The van der Waals surface area contributed by atoms with Gasteiger partial charge in [0.1, 0.15) is 13.2 Å². The van der Waals surface area contributed by atoms with Crippen molar-refractivity contribution < 1.29 is 24.7 Å². The molecule has 0 aromatic heterocycles. The Hall–Kier alpha value is -1.75. The lowest BCUT2D eigenvalue weighted by Gasteiger charge is -2.26. The lowest BCUT2D eigenvalue weighted by Crippen LogP contribution is -2.92. The number of ether oxygens (including phenoxy) is 2. The van der Waals surface area contributed by atoms with Gasteiger partial charge in [-0.3, -0.25) is 0 Å². The standard InChI is InChI=1S/C13H17NO4/c1-9(6-13(15)16)14-7-10-8-17-11-4-2-3-5-12(11)18-10/h2-5,9-10,14H,6-8H2,1H3,(H,15,16)/t9-,10+/m0/s1. The van der Waals surface area contributed by atoms with Crippen molar-refractivity contribution in [3.8, 4) is 11.5 Å². The van der Waals surface area contributed by atoms with Gasteiger partial charge in [0.2, 0.25) is 0 Å². The van der Waals surface area contributed by atoms with Crippen molar-refractivity contribution in [3.05, 3.63) is 24.3 Å². The van der Waals surface area contributed by atoms with Crippen LogP contribution in [0.25, 0.3) is 0 Å². The highest BCUT2D eigenvalue weighted by Gasteiger charge is 2.22. The van der Waals surface area contributed by atoms with Gasteiger partial charge in [-0.25, -0.2) is 0 Å². The molecule has 98 valence electrons. The summed E-state index contributed by atoms with van der Waals surface area (Å²) in [6.45, 7) is 3.02. The summed E-state index contributed by atoms with van der Waals surface area (Å²) in [5.41, 5.74) is 0. The first-order valence-electron chi connectivity index (χ1n) is 6.07. The average molecular weight is 251 g/mol. The molecular weight excluding hydrogens is 234 g/mol. The number of carbonyl (C=O) groups is 1. The largest absolute Gasteiger partial charge is 0.550 e. The van der Waals surface area contributed by atoms with Crippen LogP contribution in [0.15, 0.2) is 24.3 Å². The van der Waals surface area contributed by atoms with Crippen molar-refractivity contribution in [2.24, 2.45) is 0 Å². The Bertz CT molecular complexity index is 421. The Labute approximate surface area is 106 Å². The first-order valence-corrected chi connectivity index (χ1v) is 6.07. The predicted octanol–water partition coefficient (Wildman–Crippen LogP) is -1.08. The zero-order valence-corrected chi connectivity index (χ0v) is 10.3. The molecule has 0 fully saturated rings. The van der Waals surface area contributed by atoms with Crippen LogP contribution in [0.4, 0.5) is 0 Å². The highest BCUT2D eigenvalue weighted by molar-refractivity contribution is 5.64. The topological polar surface area (TPSA) is 75.2 Å². The summed E-state index contributed by atoms with van der Waals surface area (Å²) in [6, 6.07) is 7.51. The summed E-state index contributed by atoms with van der Waals surface area (Å²) in [6.07, 6.45) is -0.00596. The molecule has 1 aliphatic rings. The minimum atomic E-state index is -1.02. The highest BCUT2D eigenvalue weighted by atomic mass is 16.6. The number of carbonyl (C=O) groups excluding carboxylic acids is 1. The molecule has 2 N–H and O–H groups in total. The van der Waals surface area contributed by atoms with Gasteiger partial charge in [0, 0.05) is 12.4 Å². The van der Waals surface area contributed by atoms with Crippen LogP contribution in [0.1, 0.15) is 13.3 Å². The second-order valence-corrected chi connectivity index (χ2v) is 4.52. The lowest BCUT2D eigenvalue weighted by molar-refractivity contribution is -0.690. The summed E-state index contributed by atoms with van der Waals surface area (Å²) in [4.78, 5) is 10.4. The van der Waals surface area contributed by atoms with Gasteiger partial charge in [0.15, 0.2) is 17.6 Å². The van der Waals surface area contributed by atoms with E-state index in [1.807, 2.05) is 36.5 Å². The van der Waals surface area contributed by atoms with Crippen LogP contribution in [0.3, 0.4) is 0 Å². The van der Waals surface area contributed by atoms with Crippen LogP contribution in [0.5, 0.6) is 11.5 Å². The van der Waals surface area contributed by atoms with E-state index < -0.39 is 5.97 Å². The van der Waals surface area contributed by atoms with Gasteiger partial charge in [-0.15, -0.1) is 0 Å². The fraction of sp³-hybridized carbons (Fsp3) is 0.462. The number of quaternary nitrogens is 1. The van der Waals surface area contributed by atoms with Crippen LogP contribution in [0.2, 0.25) is 0 Å². The number of aliphatic carboxylic acids is 1. The predicted molar refractivity (Wildman–Crippen MR) is 62.2 cm³/mol. The van der Waals surface area contributed by atoms with E-state index in [0.717, 1.165) is 11.5 Å². The van der Waals surface area contributed by atoms with Crippen molar-refractivity contribution >= 4 is 5.97 Å². The third kappa shape index (κ3) is 3.37. The fourth-order valence-corrected chi connectivity index (χ4v) is 1.91. The highest BCUT2D eigenvalue weighted by Crippen LogP contribution is 2.30. The molecule has 2 rings (SSSR count). The summed E-state index contributed by atoms with van der Waals surface area (Å²) in [7, 11) is 0. The van der Waals surface area contributed by atoms with Crippen molar-refractivity contribution in [1.82, 2.24) is 0 Å².